The molecule has 239 valence electrons. The number of nitrogens with one attached hydrogen (secondary N) is 3. The molecule has 0 aromatic heterocycles. The summed E-state index contributed by atoms with van der Waals surface area (Å²) in [6.45, 7) is 0. The summed E-state index contributed by atoms with van der Waals surface area (Å²) in [5, 5.41) is 37.3. The zero-order valence-electron chi connectivity index (χ0n) is 24.8. The van der Waals surface area contributed by atoms with Crippen molar-refractivity contribution in [3.63, 3.8) is 0 Å². The molecule has 8 N–H and O–H groups in total. The summed E-state index contributed by atoms with van der Waals surface area (Å²) in [6, 6.07) is 6.11. The molecule has 1 fully saturated rings. The van der Waals surface area contributed by atoms with Crippen LogP contribution in [0, 0.1) is 0 Å². The number of hydrogen-bond acceptors (Lipinski definition) is 7. The van der Waals surface area contributed by atoms with Gasteiger partial charge in [-0.15, -0.1) is 0 Å². The van der Waals surface area contributed by atoms with Gasteiger partial charge in [0.25, 0.3) is 0 Å². The van der Waals surface area contributed by atoms with E-state index in [1.165, 1.54) is 11.1 Å². The number of carboxylic acids is 2. The minimum absolute atomic E-state index is 0.0295. The molecule has 1 aliphatic heterocycles. The summed E-state index contributed by atoms with van der Waals surface area (Å²) < 4.78 is 0. The van der Waals surface area contributed by atoms with Crippen molar-refractivity contribution in [2.24, 2.45) is 5.73 Å². The van der Waals surface area contributed by atoms with Crippen LogP contribution in [0.25, 0.3) is 5.57 Å². The van der Waals surface area contributed by atoms with Gasteiger partial charge in [-0.1, -0.05) is 60.1 Å². The lowest BCUT2D eigenvalue weighted by Crippen LogP contribution is -2.54. The van der Waals surface area contributed by atoms with Gasteiger partial charge in [-0.05, 0) is 68.2 Å². The molecule has 5 atom stereocenters. The number of benzene rings is 1. The summed E-state index contributed by atoms with van der Waals surface area (Å²) in [5.74, 6) is -2.82. The first kappa shape index (κ1) is 35.3. The molecule has 0 spiro atoms. The van der Waals surface area contributed by atoms with E-state index in [2.05, 4.69) is 34.1 Å². The molecule has 44 heavy (non-hydrogen) atoms. The predicted octanol–water partition coefficient (Wildman–Crippen LogP) is 3.14. The Labute approximate surface area is 263 Å². The summed E-state index contributed by atoms with van der Waals surface area (Å²) in [6.07, 6.45) is 7.83. The monoisotopic (exact) mass is 629 g/mol. The Balaban J connectivity index is 1.47. The van der Waals surface area contributed by atoms with Gasteiger partial charge in [0.05, 0.1) is 6.04 Å². The molecular weight excluding hydrogens is 587 g/mol. The smallest absolute Gasteiger partial charge is 0.303 e. The quantitative estimate of drug-likeness (QED) is 0.0726. The van der Waals surface area contributed by atoms with Gasteiger partial charge in [0.1, 0.15) is 12.3 Å². The third-order valence-corrected chi connectivity index (χ3v) is 8.32. The molecular formula is C31H43BClN4O7. The van der Waals surface area contributed by atoms with Gasteiger partial charge in [0, 0.05) is 30.3 Å². The Morgan fingerprint density at radius 2 is 1.77 bits per heavy atom. The Morgan fingerprint density at radius 3 is 2.43 bits per heavy atom. The average molecular weight is 630 g/mol. The molecule has 1 aromatic carbocycles. The highest BCUT2D eigenvalue weighted by molar-refractivity contribution is 6.36. The molecule has 1 radical (unpaired) electrons. The van der Waals surface area contributed by atoms with Crippen molar-refractivity contribution in [3.05, 3.63) is 52.6 Å². The van der Waals surface area contributed by atoms with E-state index in [1.54, 1.807) is 0 Å². The summed E-state index contributed by atoms with van der Waals surface area (Å²) >= 11 is 6.14. The highest BCUT2D eigenvalue weighted by atomic mass is 35.5. The maximum atomic E-state index is 13.0. The van der Waals surface area contributed by atoms with Crippen LogP contribution >= 0.6 is 11.6 Å². The van der Waals surface area contributed by atoms with Gasteiger partial charge in [-0.25, -0.2) is 0 Å². The molecule has 1 aromatic rings. The number of unbranched alkanes of at least 4 members (excludes halogenated alkanes) is 2. The molecule has 11 nitrogen and oxygen atoms in total. The second-order valence-corrected chi connectivity index (χ2v) is 12.0. The lowest BCUT2D eigenvalue weighted by atomic mass is 9.75. The maximum Gasteiger partial charge on any atom is 0.303 e. The third kappa shape index (κ3) is 12.1. The minimum atomic E-state index is -1.37. The number of aliphatic carboxylic acids is 2. The normalized spacial score (nSPS) is 20.0. The van der Waals surface area contributed by atoms with Gasteiger partial charge in [0.15, 0.2) is 0 Å². The van der Waals surface area contributed by atoms with Crippen molar-refractivity contribution in [1.82, 2.24) is 15.9 Å². The van der Waals surface area contributed by atoms with Crippen molar-refractivity contribution < 1.29 is 34.5 Å². The molecule has 13 heteroatoms. The number of allylic oxidation sites excluding steroid dienone is 3. The molecule has 1 heterocycles. The molecule has 0 bridgehead atoms. The molecule has 2 amide bonds. The highest BCUT2D eigenvalue weighted by Gasteiger charge is 2.30. The number of hydrogen-bond donors (Lipinski definition) is 7. The first-order valence-electron chi connectivity index (χ1n) is 15.2. The summed E-state index contributed by atoms with van der Waals surface area (Å²) in [5.41, 5.74) is 9.32. The lowest BCUT2D eigenvalue weighted by Gasteiger charge is -2.25. The highest BCUT2D eigenvalue weighted by Crippen LogP contribution is 2.34. The SMILES string of the molecule is NC(O)C(CCCCCC(=O)O)NC(=O)C(CCC(=O)O)NC(=O)CCC1[B]NC(C2=CC=C(c3cccc(Cl)c3)CC2)C1. The van der Waals surface area contributed by atoms with Crippen LogP contribution in [0.5, 0.6) is 0 Å². The largest absolute Gasteiger partial charge is 0.481 e. The van der Waals surface area contributed by atoms with Crippen LogP contribution in [-0.4, -0.2) is 70.8 Å². The van der Waals surface area contributed by atoms with E-state index in [-0.39, 0.29) is 43.4 Å². The van der Waals surface area contributed by atoms with Crippen LogP contribution in [0.4, 0.5) is 0 Å². The number of aliphatic hydroxyl groups is 1. The number of rotatable bonds is 18. The molecule has 1 aliphatic carbocycles. The minimum Gasteiger partial charge on any atom is -0.481 e. The van der Waals surface area contributed by atoms with E-state index >= 15 is 0 Å². The Bertz CT molecular complexity index is 1230. The Hall–Kier alpha value is -3.19. The van der Waals surface area contributed by atoms with Crippen LogP contribution in [0.1, 0.15) is 82.6 Å². The molecule has 1 saturated heterocycles. The number of nitrogens with two attached hydrogens (primary N) is 1. The lowest BCUT2D eigenvalue weighted by molar-refractivity contribution is -0.138. The molecule has 0 saturated carbocycles. The Kier molecular flexibility index (Phi) is 14.4. The van der Waals surface area contributed by atoms with E-state index in [4.69, 9.17) is 27.5 Å². The van der Waals surface area contributed by atoms with Crippen LogP contribution in [-0.2, 0) is 19.2 Å². The second-order valence-electron chi connectivity index (χ2n) is 11.5. The van der Waals surface area contributed by atoms with E-state index in [1.807, 2.05) is 25.6 Å². The van der Waals surface area contributed by atoms with E-state index < -0.39 is 36.2 Å². The fraction of sp³-hybridized carbons (Fsp3) is 0.548. The van der Waals surface area contributed by atoms with E-state index in [9.17, 15) is 24.3 Å². The van der Waals surface area contributed by atoms with Crippen LogP contribution in [0.2, 0.25) is 10.8 Å². The topological polar surface area (TPSA) is 191 Å². The number of carbonyl (C=O) groups is 4. The number of halogens is 1. The van der Waals surface area contributed by atoms with Crippen molar-refractivity contribution in [3.8, 4) is 0 Å². The van der Waals surface area contributed by atoms with Gasteiger partial charge < -0.3 is 36.9 Å². The van der Waals surface area contributed by atoms with Gasteiger partial charge in [0.2, 0.25) is 19.2 Å². The van der Waals surface area contributed by atoms with Crippen LogP contribution < -0.4 is 21.6 Å². The fourth-order valence-electron chi connectivity index (χ4n) is 5.57. The molecule has 5 unspecified atom stereocenters. The first-order valence-corrected chi connectivity index (χ1v) is 15.6. The number of carbonyl (C=O) groups excluding carboxylic acids is 2. The maximum absolute atomic E-state index is 13.0. The van der Waals surface area contributed by atoms with Crippen molar-refractivity contribution >= 4 is 48.3 Å². The van der Waals surface area contributed by atoms with E-state index in [0.717, 1.165) is 24.8 Å². The fourth-order valence-corrected chi connectivity index (χ4v) is 5.76. The standard InChI is InChI=1S/C31H43BClN4O7/c33-23-6-4-5-21(17-23)19-9-11-20(12-10-19)26-18-22(32-37-26)13-15-27(38)35-25(14-16-29(41)42)31(44)36-24(30(34)43)7-2-1-3-8-28(39)40/h4-6,9,11,17,22,24-26,30,37,43H,1-3,7-8,10,12-16,18,34H2,(H,35,38)(H,36,44)(H,39,40)(H,41,42). The summed E-state index contributed by atoms with van der Waals surface area (Å²) in [4.78, 5) is 47.7. The number of aliphatic hydroxyl groups excluding tert-OH is 1. The van der Waals surface area contributed by atoms with Gasteiger partial charge in [-0.3, -0.25) is 19.2 Å². The first-order chi connectivity index (χ1) is 21.0. The number of carboxylic acid groups (broad SMARTS) is 2. The van der Waals surface area contributed by atoms with E-state index in [0.29, 0.717) is 37.1 Å². The zero-order chi connectivity index (χ0) is 32.1. The summed E-state index contributed by atoms with van der Waals surface area (Å²) in [7, 11) is 2.02. The van der Waals surface area contributed by atoms with Crippen LogP contribution in [0.15, 0.2) is 42.0 Å². The van der Waals surface area contributed by atoms with Gasteiger partial charge >= 0.3 is 11.9 Å². The zero-order valence-corrected chi connectivity index (χ0v) is 25.6. The predicted molar refractivity (Wildman–Crippen MR) is 169 cm³/mol. The average Bonchev–Trinajstić information content (AvgIpc) is 3.46. The van der Waals surface area contributed by atoms with Crippen molar-refractivity contribution in [2.45, 2.75) is 107 Å². The van der Waals surface area contributed by atoms with Gasteiger partial charge in [-0.2, -0.15) is 0 Å². The number of amides is 2. The molecule has 2 aliphatic rings. The Morgan fingerprint density at radius 1 is 1.00 bits per heavy atom. The van der Waals surface area contributed by atoms with Crippen LogP contribution in [0.3, 0.4) is 0 Å². The molecule has 3 rings (SSSR count). The third-order valence-electron chi connectivity index (χ3n) is 8.08. The van der Waals surface area contributed by atoms with Crippen molar-refractivity contribution in [1.29, 1.82) is 0 Å². The second kappa shape index (κ2) is 17.9. The van der Waals surface area contributed by atoms with Crippen molar-refractivity contribution in [2.75, 3.05) is 0 Å².